The van der Waals surface area contributed by atoms with E-state index in [4.69, 9.17) is 5.10 Å². The van der Waals surface area contributed by atoms with Gasteiger partial charge in [0.25, 0.3) is 0 Å². The maximum absolute atomic E-state index is 4.70. The fourth-order valence-electron chi connectivity index (χ4n) is 2.42. The van der Waals surface area contributed by atoms with Crippen molar-refractivity contribution in [3.63, 3.8) is 0 Å². The van der Waals surface area contributed by atoms with E-state index in [0.29, 0.717) is 0 Å². The number of nitrogens with zero attached hydrogens (tertiary/aromatic N) is 4. The van der Waals surface area contributed by atoms with Gasteiger partial charge in [0.05, 0.1) is 28.1 Å². The lowest BCUT2D eigenvalue weighted by atomic mass is 10.2. The van der Waals surface area contributed by atoms with Crippen molar-refractivity contribution in [1.29, 1.82) is 0 Å². The summed E-state index contributed by atoms with van der Waals surface area (Å²) in [7, 11) is 0. The Hall–Kier alpha value is -1.10. The molecule has 0 aromatic carbocycles. The van der Waals surface area contributed by atoms with Crippen LogP contribution in [0.15, 0.2) is 10.5 Å². The van der Waals surface area contributed by atoms with Crippen LogP contribution in [0, 0.1) is 0 Å². The van der Waals surface area contributed by atoms with Gasteiger partial charge in [0.2, 0.25) is 0 Å². The van der Waals surface area contributed by atoms with Gasteiger partial charge in [0.15, 0.2) is 0 Å². The third-order valence-electron chi connectivity index (χ3n) is 3.63. The van der Waals surface area contributed by atoms with Gasteiger partial charge in [-0.2, -0.15) is 10.2 Å². The highest BCUT2D eigenvalue weighted by Crippen LogP contribution is 2.23. The van der Waals surface area contributed by atoms with Crippen LogP contribution in [0.1, 0.15) is 50.5 Å². The van der Waals surface area contributed by atoms with Crippen LogP contribution in [0.2, 0.25) is 0 Å². The van der Waals surface area contributed by atoms with Gasteiger partial charge in [0, 0.05) is 12.2 Å². The normalized spacial score (nSPS) is 11.2. The molecule has 2 aromatic heterocycles. The van der Waals surface area contributed by atoms with Crippen molar-refractivity contribution in [2.24, 2.45) is 0 Å². The molecule has 110 valence electrons. The molecular weight excluding hydrogens is 316 g/mol. The molecule has 0 radical (unpaired) electrons. The number of aryl methyl sites for hydroxylation is 4. The molecule has 0 fully saturated rings. The molecule has 0 aliphatic heterocycles. The second kappa shape index (κ2) is 6.57. The lowest BCUT2D eigenvalue weighted by molar-refractivity contribution is 0.559. The van der Waals surface area contributed by atoms with E-state index in [-0.39, 0.29) is 0 Å². The summed E-state index contributed by atoms with van der Waals surface area (Å²) in [5.74, 6) is 0. The Bertz CT molecular complexity index is 583. The molecule has 4 nitrogen and oxygen atoms in total. The highest BCUT2D eigenvalue weighted by atomic mass is 79.9. The molecule has 0 aliphatic carbocycles. The van der Waals surface area contributed by atoms with Crippen molar-refractivity contribution in [3.05, 3.63) is 33.3 Å². The highest BCUT2D eigenvalue weighted by molar-refractivity contribution is 9.10. The molecule has 2 rings (SSSR count). The lowest BCUT2D eigenvalue weighted by Gasteiger charge is -2.08. The summed E-state index contributed by atoms with van der Waals surface area (Å²) in [5.41, 5.74) is 4.79. The first-order valence-corrected chi connectivity index (χ1v) is 8.23. The molecule has 5 heteroatoms. The summed E-state index contributed by atoms with van der Waals surface area (Å²) in [6.07, 6.45) is 2.93. The first kappa shape index (κ1) is 15.3. The zero-order valence-corrected chi connectivity index (χ0v) is 14.4. The number of rotatable bonds is 6. The van der Waals surface area contributed by atoms with Crippen LogP contribution in [-0.2, 0) is 32.4 Å². The zero-order chi connectivity index (χ0) is 14.7. The average Bonchev–Trinajstić information content (AvgIpc) is 3.01. The van der Waals surface area contributed by atoms with Gasteiger partial charge >= 0.3 is 0 Å². The van der Waals surface area contributed by atoms with E-state index in [9.17, 15) is 0 Å². The number of halogens is 1. The minimum absolute atomic E-state index is 0.782. The molecule has 0 atom stereocenters. The molecule has 0 unspecified atom stereocenters. The summed E-state index contributed by atoms with van der Waals surface area (Å²) < 4.78 is 5.33. The van der Waals surface area contributed by atoms with Crippen LogP contribution in [0.25, 0.3) is 0 Å². The Kier molecular flexibility index (Phi) is 5.02. The standard InChI is InChI=1S/C15H23BrN4/c1-5-11-9-12(6-2)20(17-11)10-14-15(16)13(7-3)18-19(14)8-4/h9H,5-8,10H2,1-4H3. The minimum Gasteiger partial charge on any atom is -0.267 e. The van der Waals surface area contributed by atoms with Crippen LogP contribution >= 0.6 is 15.9 Å². The van der Waals surface area contributed by atoms with Gasteiger partial charge in [-0.25, -0.2) is 0 Å². The smallest absolute Gasteiger partial charge is 0.0843 e. The third-order valence-corrected chi connectivity index (χ3v) is 4.55. The van der Waals surface area contributed by atoms with E-state index in [0.717, 1.165) is 48.2 Å². The summed E-state index contributed by atoms with van der Waals surface area (Å²) in [6.45, 7) is 10.3. The van der Waals surface area contributed by atoms with E-state index in [2.05, 4.69) is 64.2 Å². The van der Waals surface area contributed by atoms with E-state index >= 15 is 0 Å². The van der Waals surface area contributed by atoms with Gasteiger partial charge in [-0.3, -0.25) is 9.36 Å². The van der Waals surface area contributed by atoms with Crippen LogP contribution in [-0.4, -0.2) is 19.6 Å². The molecule has 2 aromatic rings. The van der Waals surface area contributed by atoms with Gasteiger partial charge in [-0.15, -0.1) is 0 Å². The number of aromatic nitrogens is 4. The topological polar surface area (TPSA) is 35.6 Å². The van der Waals surface area contributed by atoms with Crippen LogP contribution in [0.4, 0.5) is 0 Å². The van der Waals surface area contributed by atoms with Gasteiger partial charge in [0.1, 0.15) is 0 Å². The maximum Gasteiger partial charge on any atom is 0.0843 e. The predicted octanol–water partition coefficient (Wildman–Crippen LogP) is 3.60. The largest absolute Gasteiger partial charge is 0.267 e. The Morgan fingerprint density at radius 2 is 1.75 bits per heavy atom. The monoisotopic (exact) mass is 338 g/mol. The Labute approximate surface area is 129 Å². The van der Waals surface area contributed by atoms with Gasteiger partial charge < -0.3 is 0 Å². The molecule has 20 heavy (non-hydrogen) atoms. The molecule has 0 amide bonds. The highest BCUT2D eigenvalue weighted by Gasteiger charge is 2.16. The van der Waals surface area contributed by atoms with Crippen molar-refractivity contribution in [3.8, 4) is 0 Å². The van der Waals surface area contributed by atoms with Crippen LogP contribution in [0.3, 0.4) is 0 Å². The second-order valence-corrected chi connectivity index (χ2v) is 5.66. The molecule has 0 saturated heterocycles. The first-order chi connectivity index (χ1) is 9.64. The Morgan fingerprint density at radius 3 is 2.30 bits per heavy atom. The predicted molar refractivity (Wildman–Crippen MR) is 85.1 cm³/mol. The summed E-state index contributed by atoms with van der Waals surface area (Å²) in [4.78, 5) is 0. The van der Waals surface area contributed by atoms with Gasteiger partial charge in [-0.1, -0.05) is 20.8 Å². The summed E-state index contributed by atoms with van der Waals surface area (Å²) in [5, 5.41) is 9.36. The summed E-state index contributed by atoms with van der Waals surface area (Å²) in [6, 6.07) is 2.21. The van der Waals surface area contributed by atoms with Gasteiger partial charge in [-0.05, 0) is 48.2 Å². The van der Waals surface area contributed by atoms with Crippen molar-refractivity contribution in [2.45, 2.75) is 60.0 Å². The average molecular weight is 339 g/mol. The SMILES string of the molecule is CCc1cc(CC)n(Cc2c(Br)c(CC)nn2CC)n1. The molecule has 0 bridgehead atoms. The van der Waals surface area contributed by atoms with Crippen molar-refractivity contribution in [2.75, 3.05) is 0 Å². The van der Waals surface area contributed by atoms with E-state index in [1.807, 2.05) is 0 Å². The minimum atomic E-state index is 0.782. The molecule has 0 aliphatic rings. The van der Waals surface area contributed by atoms with Crippen molar-refractivity contribution < 1.29 is 0 Å². The zero-order valence-electron chi connectivity index (χ0n) is 12.8. The Morgan fingerprint density at radius 1 is 1.00 bits per heavy atom. The molecule has 0 N–H and O–H groups in total. The number of hydrogen-bond donors (Lipinski definition) is 0. The third kappa shape index (κ3) is 2.82. The van der Waals surface area contributed by atoms with Crippen LogP contribution in [0.5, 0.6) is 0 Å². The van der Waals surface area contributed by atoms with Crippen molar-refractivity contribution in [1.82, 2.24) is 19.6 Å². The fourth-order valence-corrected chi connectivity index (χ4v) is 3.11. The Balaban J connectivity index is 2.38. The molecule has 0 spiro atoms. The fraction of sp³-hybridized carbons (Fsp3) is 0.600. The van der Waals surface area contributed by atoms with E-state index in [1.165, 1.54) is 11.4 Å². The quantitative estimate of drug-likeness (QED) is 0.806. The molecule has 0 saturated carbocycles. The van der Waals surface area contributed by atoms with Crippen LogP contribution < -0.4 is 0 Å². The van der Waals surface area contributed by atoms with E-state index in [1.54, 1.807) is 0 Å². The lowest BCUT2D eigenvalue weighted by Crippen LogP contribution is -2.11. The molecule has 2 heterocycles. The first-order valence-electron chi connectivity index (χ1n) is 7.44. The van der Waals surface area contributed by atoms with Crippen molar-refractivity contribution >= 4 is 15.9 Å². The maximum atomic E-state index is 4.70. The molecular formula is C15H23BrN4. The number of hydrogen-bond acceptors (Lipinski definition) is 2. The van der Waals surface area contributed by atoms with E-state index < -0.39 is 0 Å². The summed E-state index contributed by atoms with van der Waals surface area (Å²) >= 11 is 3.71. The second-order valence-electron chi connectivity index (χ2n) is 4.87.